The van der Waals surface area contributed by atoms with Gasteiger partial charge in [-0.25, -0.2) is 4.98 Å². The number of likely N-dealkylation sites (tertiary alicyclic amines) is 1. The Bertz CT molecular complexity index is 728. The number of fused-ring (bicyclic) bond motifs is 1. The molecule has 0 aliphatic carbocycles. The lowest BCUT2D eigenvalue weighted by Gasteiger charge is -2.32. The van der Waals surface area contributed by atoms with Crippen molar-refractivity contribution >= 4 is 22.7 Å². The Labute approximate surface area is 141 Å². The second kappa shape index (κ2) is 7.49. The van der Waals surface area contributed by atoms with E-state index in [1.165, 1.54) is 25.8 Å². The van der Waals surface area contributed by atoms with Crippen LogP contribution in [0, 0.1) is 0 Å². The molecule has 4 nitrogen and oxygen atoms in total. The molecule has 1 saturated heterocycles. The molecule has 0 spiro atoms. The van der Waals surface area contributed by atoms with Crippen molar-refractivity contribution in [2.45, 2.75) is 50.4 Å². The van der Waals surface area contributed by atoms with E-state index in [0.717, 1.165) is 22.8 Å². The van der Waals surface area contributed by atoms with Crippen LogP contribution >= 0.6 is 11.8 Å². The van der Waals surface area contributed by atoms with E-state index in [1.807, 2.05) is 31.2 Å². The van der Waals surface area contributed by atoms with Crippen LogP contribution in [0.15, 0.2) is 34.2 Å². The molecule has 3 rings (SSSR count). The van der Waals surface area contributed by atoms with Crippen LogP contribution in [0.5, 0.6) is 0 Å². The smallest absolute Gasteiger partial charge is 0.262 e. The minimum absolute atomic E-state index is 0.0791. The highest BCUT2D eigenvalue weighted by Crippen LogP contribution is 2.23. The third-order valence-electron chi connectivity index (χ3n) is 4.75. The summed E-state index contributed by atoms with van der Waals surface area (Å²) in [4.78, 5) is 19.8. The standard InChI is InChI=1S/C18H25N3OS/c1-3-21-17(22)15-9-4-5-10-16(15)19-18(21)23-13-11-14-8-6-7-12-20(14)2/h4-5,9-10,14H,3,6-8,11-13H2,1-2H3. The highest BCUT2D eigenvalue weighted by atomic mass is 32.2. The van der Waals surface area contributed by atoms with E-state index in [4.69, 9.17) is 4.98 Å². The summed E-state index contributed by atoms with van der Waals surface area (Å²) in [7, 11) is 2.23. The molecule has 124 valence electrons. The third-order valence-corrected chi connectivity index (χ3v) is 5.76. The molecule has 1 fully saturated rings. The van der Waals surface area contributed by atoms with Crippen LogP contribution < -0.4 is 5.56 Å². The molecule has 1 aliphatic rings. The molecule has 0 bridgehead atoms. The van der Waals surface area contributed by atoms with Gasteiger partial charge < -0.3 is 4.90 Å². The summed E-state index contributed by atoms with van der Waals surface area (Å²) in [6.45, 7) is 3.89. The predicted octanol–water partition coefficient (Wildman–Crippen LogP) is 3.38. The van der Waals surface area contributed by atoms with Crippen molar-refractivity contribution in [3.63, 3.8) is 0 Å². The average Bonchev–Trinajstić information content (AvgIpc) is 2.57. The first-order chi connectivity index (χ1) is 11.2. The highest BCUT2D eigenvalue weighted by Gasteiger charge is 2.19. The quantitative estimate of drug-likeness (QED) is 0.622. The van der Waals surface area contributed by atoms with Crippen molar-refractivity contribution in [1.82, 2.24) is 14.5 Å². The number of benzene rings is 1. The molecule has 1 aromatic heterocycles. The molecule has 2 aromatic rings. The fourth-order valence-electron chi connectivity index (χ4n) is 3.33. The number of rotatable bonds is 5. The Kier molecular flexibility index (Phi) is 5.38. The molecule has 0 saturated carbocycles. The number of hydrogen-bond acceptors (Lipinski definition) is 4. The van der Waals surface area contributed by atoms with Crippen LogP contribution in [-0.2, 0) is 6.54 Å². The molecule has 2 heterocycles. The van der Waals surface area contributed by atoms with Crippen LogP contribution in [0.4, 0.5) is 0 Å². The van der Waals surface area contributed by atoms with Gasteiger partial charge in [-0.15, -0.1) is 0 Å². The number of nitrogens with zero attached hydrogens (tertiary/aromatic N) is 3. The molecular formula is C18H25N3OS. The molecule has 1 aromatic carbocycles. The predicted molar refractivity (Wildman–Crippen MR) is 97.3 cm³/mol. The van der Waals surface area contributed by atoms with Crippen LogP contribution in [-0.4, -0.2) is 39.8 Å². The molecule has 1 aliphatic heterocycles. The van der Waals surface area contributed by atoms with Gasteiger partial charge in [0.2, 0.25) is 0 Å². The van der Waals surface area contributed by atoms with Crippen molar-refractivity contribution in [3.8, 4) is 0 Å². The molecule has 1 atom stereocenters. The zero-order valence-corrected chi connectivity index (χ0v) is 14.8. The lowest BCUT2D eigenvalue weighted by atomic mass is 10.0. The van der Waals surface area contributed by atoms with Gasteiger partial charge in [-0.2, -0.15) is 0 Å². The van der Waals surface area contributed by atoms with E-state index >= 15 is 0 Å². The van der Waals surface area contributed by atoms with Gasteiger partial charge in [-0.05, 0) is 51.9 Å². The average molecular weight is 331 g/mol. The Balaban J connectivity index is 1.75. The van der Waals surface area contributed by atoms with Crippen LogP contribution in [0.1, 0.15) is 32.6 Å². The van der Waals surface area contributed by atoms with E-state index in [0.29, 0.717) is 18.0 Å². The van der Waals surface area contributed by atoms with Gasteiger partial charge in [0.25, 0.3) is 5.56 Å². The fourth-order valence-corrected chi connectivity index (χ4v) is 4.44. The first-order valence-electron chi connectivity index (χ1n) is 8.53. The summed E-state index contributed by atoms with van der Waals surface area (Å²) in [5, 5.41) is 1.57. The lowest BCUT2D eigenvalue weighted by molar-refractivity contribution is 0.182. The molecular weight excluding hydrogens is 306 g/mol. The number of para-hydroxylation sites is 1. The number of aromatic nitrogens is 2. The van der Waals surface area contributed by atoms with E-state index in [1.54, 1.807) is 16.3 Å². The summed E-state index contributed by atoms with van der Waals surface area (Å²) in [6, 6.07) is 8.31. The Morgan fingerprint density at radius 1 is 1.30 bits per heavy atom. The van der Waals surface area contributed by atoms with Crippen molar-refractivity contribution in [1.29, 1.82) is 0 Å². The Hall–Kier alpha value is -1.33. The SMILES string of the molecule is CCn1c(SCCC2CCCCN2C)nc2ccccc2c1=O. The third kappa shape index (κ3) is 3.61. The first kappa shape index (κ1) is 16.5. The summed E-state index contributed by atoms with van der Waals surface area (Å²) in [5.41, 5.74) is 0.884. The highest BCUT2D eigenvalue weighted by molar-refractivity contribution is 7.99. The molecule has 0 radical (unpaired) electrons. The second-order valence-electron chi connectivity index (χ2n) is 6.23. The molecule has 0 amide bonds. The van der Waals surface area contributed by atoms with Crippen molar-refractivity contribution in [2.75, 3.05) is 19.3 Å². The summed E-state index contributed by atoms with van der Waals surface area (Å²) in [6.07, 6.45) is 5.12. The number of piperidine rings is 1. The topological polar surface area (TPSA) is 38.1 Å². The maximum atomic E-state index is 12.6. The van der Waals surface area contributed by atoms with E-state index < -0.39 is 0 Å². The Morgan fingerprint density at radius 3 is 2.91 bits per heavy atom. The van der Waals surface area contributed by atoms with Gasteiger partial charge in [-0.1, -0.05) is 30.3 Å². The zero-order chi connectivity index (χ0) is 16.2. The number of thioether (sulfide) groups is 1. The molecule has 1 unspecified atom stereocenters. The lowest BCUT2D eigenvalue weighted by Crippen LogP contribution is -2.36. The summed E-state index contributed by atoms with van der Waals surface area (Å²) < 4.78 is 1.80. The van der Waals surface area contributed by atoms with Gasteiger partial charge in [0.15, 0.2) is 5.16 Å². The maximum Gasteiger partial charge on any atom is 0.262 e. The molecule has 0 N–H and O–H groups in total. The second-order valence-corrected chi connectivity index (χ2v) is 7.29. The fraction of sp³-hybridized carbons (Fsp3) is 0.556. The van der Waals surface area contributed by atoms with Gasteiger partial charge in [0, 0.05) is 18.3 Å². The van der Waals surface area contributed by atoms with Crippen molar-refractivity contribution in [2.24, 2.45) is 0 Å². The molecule has 23 heavy (non-hydrogen) atoms. The summed E-state index contributed by atoms with van der Waals surface area (Å²) >= 11 is 1.72. The monoisotopic (exact) mass is 331 g/mol. The minimum Gasteiger partial charge on any atom is -0.303 e. The maximum absolute atomic E-state index is 12.6. The van der Waals surface area contributed by atoms with Crippen LogP contribution in [0.2, 0.25) is 0 Å². The van der Waals surface area contributed by atoms with Gasteiger partial charge in [0.1, 0.15) is 0 Å². The zero-order valence-electron chi connectivity index (χ0n) is 14.0. The van der Waals surface area contributed by atoms with Gasteiger partial charge >= 0.3 is 0 Å². The van der Waals surface area contributed by atoms with E-state index in [2.05, 4.69) is 11.9 Å². The van der Waals surface area contributed by atoms with Gasteiger partial charge in [0.05, 0.1) is 10.9 Å². The largest absolute Gasteiger partial charge is 0.303 e. The van der Waals surface area contributed by atoms with E-state index in [-0.39, 0.29) is 5.56 Å². The Morgan fingerprint density at radius 2 is 2.13 bits per heavy atom. The van der Waals surface area contributed by atoms with Crippen LogP contribution in [0.3, 0.4) is 0 Å². The van der Waals surface area contributed by atoms with E-state index in [9.17, 15) is 4.79 Å². The minimum atomic E-state index is 0.0791. The first-order valence-corrected chi connectivity index (χ1v) is 9.52. The number of hydrogen-bond donors (Lipinski definition) is 0. The van der Waals surface area contributed by atoms with Crippen LogP contribution in [0.25, 0.3) is 10.9 Å². The molecule has 5 heteroatoms. The van der Waals surface area contributed by atoms with Gasteiger partial charge in [-0.3, -0.25) is 9.36 Å². The summed E-state index contributed by atoms with van der Waals surface area (Å²) in [5.74, 6) is 1.01. The normalized spacial score (nSPS) is 19.3. The van der Waals surface area contributed by atoms with Crippen molar-refractivity contribution < 1.29 is 0 Å². The van der Waals surface area contributed by atoms with Crippen molar-refractivity contribution in [3.05, 3.63) is 34.6 Å².